The minimum absolute atomic E-state index is 0.0416. The molecule has 0 saturated carbocycles. The molecule has 0 bridgehead atoms. The number of carbonyl (C=O) groups excluding carboxylic acids is 1. The Morgan fingerprint density at radius 1 is 1.46 bits per heavy atom. The highest BCUT2D eigenvalue weighted by atomic mass is 79.9. The van der Waals surface area contributed by atoms with Crippen molar-refractivity contribution >= 4 is 39.1 Å². The van der Waals surface area contributed by atoms with Crippen LogP contribution in [0.3, 0.4) is 0 Å². The number of nitrogens with one attached hydrogen (secondary N) is 1. The van der Waals surface area contributed by atoms with Crippen molar-refractivity contribution < 1.29 is 14.3 Å². The molecule has 3 rings (SSSR count). The Morgan fingerprint density at radius 2 is 2.29 bits per heavy atom. The summed E-state index contributed by atoms with van der Waals surface area (Å²) in [6.45, 7) is 3.13. The second-order valence-corrected chi connectivity index (χ2v) is 6.85. The van der Waals surface area contributed by atoms with E-state index in [9.17, 15) is 4.79 Å². The number of rotatable bonds is 4. The largest absolute Gasteiger partial charge is 0.471 e. The number of ether oxygens (including phenoxy) is 2. The molecule has 1 aromatic heterocycles. The van der Waals surface area contributed by atoms with E-state index in [-0.39, 0.29) is 12.0 Å². The number of anilines is 1. The molecule has 1 N–H and O–H groups in total. The molecule has 126 valence electrons. The number of aryl methyl sites for hydroxylation is 1. The SMILES string of the molecule is Cc1cc(Br)ccc1NC(=O)c1cnc(OC2CCOC2)c(Cl)c1. The Morgan fingerprint density at radius 3 is 2.96 bits per heavy atom. The van der Waals surface area contributed by atoms with E-state index in [2.05, 4.69) is 26.2 Å². The zero-order valence-electron chi connectivity index (χ0n) is 13.0. The summed E-state index contributed by atoms with van der Waals surface area (Å²) in [4.78, 5) is 16.5. The van der Waals surface area contributed by atoms with Gasteiger partial charge in [-0.15, -0.1) is 0 Å². The van der Waals surface area contributed by atoms with Crippen LogP contribution in [-0.2, 0) is 4.74 Å². The minimum Gasteiger partial charge on any atom is -0.471 e. The number of benzene rings is 1. The highest BCUT2D eigenvalue weighted by Gasteiger charge is 2.20. The molecule has 1 unspecified atom stereocenters. The second-order valence-electron chi connectivity index (χ2n) is 5.53. The van der Waals surface area contributed by atoms with Gasteiger partial charge in [0.05, 0.1) is 18.8 Å². The number of carbonyl (C=O) groups is 1. The quantitative estimate of drug-likeness (QED) is 0.818. The molecule has 1 atom stereocenters. The summed E-state index contributed by atoms with van der Waals surface area (Å²) in [6.07, 6.45) is 2.23. The molecule has 7 heteroatoms. The van der Waals surface area contributed by atoms with Crippen LogP contribution in [0.2, 0.25) is 5.02 Å². The third kappa shape index (κ3) is 4.06. The first-order valence-corrected chi connectivity index (χ1v) is 8.67. The first-order chi connectivity index (χ1) is 11.5. The molecule has 1 saturated heterocycles. The lowest BCUT2D eigenvalue weighted by Gasteiger charge is -2.13. The van der Waals surface area contributed by atoms with Crippen LogP contribution in [0.25, 0.3) is 0 Å². The van der Waals surface area contributed by atoms with Crippen molar-refractivity contribution in [1.82, 2.24) is 4.98 Å². The molecule has 1 aliphatic heterocycles. The van der Waals surface area contributed by atoms with Crippen molar-refractivity contribution in [2.45, 2.75) is 19.4 Å². The van der Waals surface area contributed by atoms with E-state index in [1.54, 1.807) is 6.07 Å². The van der Waals surface area contributed by atoms with Gasteiger partial charge < -0.3 is 14.8 Å². The lowest BCUT2D eigenvalue weighted by molar-refractivity contribution is 0.102. The van der Waals surface area contributed by atoms with Crippen molar-refractivity contribution in [3.63, 3.8) is 0 Å². The molecule has 1 amide bonds. The fraction of sp³-hybridized carbons (Fsp3) is 0.294. The number of hydrogen-bond donors (Lipinski definition) is 1. The fourth-order valence-electron chi connectivity index (χ4n) is 2.36. The Bertz CT molecular complexity index is 763. The summed E-state index contributed by atoms with van der Waals surface area (Å²) in [6, 6.07) is 7.20. The fourth-order valence-corrected chi connectivity index (χ4v) is 3.05. The highest BCUT2D eigenvalue weighted by molar-refractivity contribution is 9.10. The van der Waals surface area contributed by atoms with E-state index < -0.39 is 0 Å². The van der Waals surface area contributed by atoms with Crippen molar-refractivity contribution in [2.24, 2.45) is 0 Å². The van der Waals surface area contributed by atoms with Gasteiger partial charge in [0, 0.05) is 22.8 Å². The highest BCUT2D eigenvalue weighted by Crippen LogP contribution is 2.26. The van der Waals surface area contributed by atoms with Gasteiger partial charge in [-0.25, -0.2) is 4.98 Å². The molecular weight excluding hydrogens is 396 g/mol. The predicted octanol–water partition coefficient (Wildman–Crippen LogP) is 4.23. The number of halogens is 2. The lowest BCUT2D eigenvalue weighted by atomic mass is 10.2. The van der Waals surface area contributed by atoms with Gasteiger partial charge in [0.25, 0.3) is 5.91 Å². The summed E-state index contributed by atoms with van der Waals surface area (Å²) >= 11 is 9.59. The van der Waals surface area contributed by atoms with Crippen LogP contribution in [0.15, 0.2) is 34.9 Å². The van der Waals surface area contributed by atoms with Gasteiger partial charge in [0.2, 0.25) is 5.88 Å². The predicted molar refractivity (Wildman–Crippen MR) is 95.9 cm³/mol. The van der Waals surface area contributed by atoms with Crippen molar-refractivity contribution in [1.29, 1.82) is 0 Å². The van der Waals surface area contributed by atoms with Crippen LogP contribution in [0.4, 0.5) is 5.69 Å². The van der Waals surface area contributed by atoms with E-state index in [1.165, 1.54) is 6.20 Å². The molecule has 2 aromatic rings. The molecule has 0 spiro atoms. The van der Waals surface area contributed by atoms with E-state index >= 15 is 0 Å². The van der Waals surface area contributed by atoms with Crippen LogP contribution in [0.5, 0.6) is 5.88 Å². The number of amides is 1. The lowest BCUT2D eigenvalue weighted by Crippen LogP contribution is -2.17. The zero-order valence-corrected chi connectivity index (χ0v) is 15.4. The third-order valence-electron chi connectivity index (χ3n) is 3.67. The molecule has 1 aromatic carbocycles. The van der Waals surface area contributed by atoms with Crippen molar-refractivity contribution in [3.8, 4) is 5.88 Å². The maximum Gasteiger partial charge on any atom is 0.257 e. The molecule has 24 heavy (non-hydrogen) atoms. The van der Waals surface area contributed by atoms with E-state index in [4.69, 9.17) is 21.1 Å². The van der Waals surface area contributed by atoms with Crippen LogP contribution >= 0.6 is 27.5 Å². The minimum atomic E-state index is -0.273. The van der Waals surface area contributed by atoms with Gasteiger partial charge in [-0.2, -0.15) is 0 Å². The number of hydrogen-bond acceptors (Lipinski definition) is 4. The first-order valence-electron chi connectivity index (χ1n) is 7.50. The Hall–Kier alpha value is -1.63. The van der Waals surface area contributed by atoms with E-state index in [0.29, 0.717) is 29.7 Å². The number of aromatic nitrogens is 1. The summed E-state index contributed by atoms with van der Waals surface area (Å²) in [5.74, 6) is 0.0501. The second kappa shape index (κ2) is 7.51. The Labute approximate surface area is 153 Å². The topological polar surface area (TPSA) is 60.5 Å². The molecule has 0 aliphatic carbocycles. The summed E-state index contributed by atoms with van der Waals surface area (Å²) in [5.41, 5.74) is 2.07. The Kier molecular flexibility index (Phi) is 5.38. The van der Waals surface area contributed by atoms with Crippen molar-refractivity contribution in [3.05, 3.63) is 51.1 Å². The zero-order chi connectivity index (χ0) is 17.1. The van der Waals surface area contributed by atoms with Crippen LogP contribution in [-0.4, -0.2) is 30.2 Å². The van der Waals surface area contributed by atoms with Crippen LogP contribution < -0.4 is 10.1 Å². The number of pyridine rings is 1. The average molecular weight is 412 g/mol. The maximum absolute atomic E-state index is 12.4. The normalized spacial score (nSPS) is 16.9. The average Bonchev–Trinajstić information content (AvgIpc) is 3.05. The standard InChI is InChI=1S/C17H16BrClN2O3/c1-10-6-12(18)2-3-15(10)21-16(22)11-7-14(19)17(20-8-11)24-13-4-5-23-9-13/h2-3,6-8,13H,4-5,9H2,1H3,(H,21,22). The molecular formula is C17H16BrClN2O3. The van der Waals surface area contributed by atoms with E-state index in [0.717, 1.165) is 22.1 Å². The van der Waals surface area contributed by atoms with Gasteiger partial charge in [0.1, 0.15) is 11.1 Å². The number of nitrogens with zero attached hydrogens (tertiary/aromatic N) is 1. The van der Waals surface area contributed by atoms with Gasteiger partial charge in [-0.05, 0) is 36.8 Å². The summed E-state index contributed by atoms with van der Waals surface area (Å²) in [7, 11) is 0. The molecule has 5 nitrogen and oxygen atoms in total. The summed E-state index contributed by atoms with van der Waals surface area (Å²) in [5, 5.41) is 3.16. The van der Waals surface area contributed by atoms with Gasteiger partial charge in [0.15, 0.2) is 0 Å². The molecule has 0 radical (unpaired) electrons. The van der Waals surface area contributed by atoms with Gasteiger partial charge >= 0.3 is 0 Å². The Balaban J connectivity index is 1.71. The molecule has 1 aliphatic rings. The summed E-state index contributed by atoms with van der Waals surface area (Å²) < 4.78 is 11.9. The van der Waals surface area contributed by atoms with Crippen LogP contribution in [0.1, 0.15) is 22.3 Å². The molecule has 2 heterocycles. The van der Waals surface area contributed by atoms with Crippen LogP contribution in [0, 0.1) is 6.92 Å². The monoisotopic (exact) mass is 410 g/mol. The van der Waals surface area contributed by atoms with Gasteiger partial charge in [-0.1, -0.05) is 27.5 Å². The van der Waals surface area contributed by atoms with E-state index in [1.807, 2.05) is 25.1 Å². The smallest absolute Gasteiger partial charge is 0.257 e. The molecule has 1 fully saturated rings. The van der Waals surface area contributed by atoms with Gasteiger partial charge in [-0.3, -0.25) is 4.79 Å². The first kappa shape index (κ1) is 17.2. The maximum atomic E-state index is 12.4. The third-order valence-corrected chi connectivity index (χ3v) is 4.44. The van der Waals surface area contributed by atoms with Crippen molar-refractivity contribution in [2.75, 3.05) is 18.5 Å².